The summed E-state index contributed by atoms with van der Waals surface area (Å²) in [5.74, 6) is 0. The fourth-order valence-corrected chi connectivity index (χ4v) is 4.32. The number of nitrogens with zero attached hydrogens (tertiary/aromatic N) is 2. The summed E-state index contributed by atoms with van der Waals surface area (Å²) >= 11 is 0. The molecule has 0 saturated carbocycles. The van der Waals surface area contributed by atoms with Crippen LogP contribution in [0.2, 0.25) is 0 Å². The van der Waals surface area contributed by atoms with Gasteiger partial charge in [0.1, 0.15) is 4.90 Å². The minimum absolute atomic E-state index is 0.246. The molecule has 6 heteroatoms. The van der Waals surface area contributed by atoms with E-state index in [1.54, 1.807) is 25.6 Å². The Kier molecular flexibility index (Phi) is 4.72. The maximum absolute atomic E-state index is 12.7. The van der Waals surface area contributed by atoms with Crippen LogP contribution < -0.4 is 4.72 Å². The molecule has 0 radical (unpaired) electrons. The van der Waals surface area contributed by atoms with Crippen molar-refractivity contribution in [2.24, 2.45) is 7.05 Å². The van der Waals surface area contributed by atoms with E-state index in [4.69, 9.17) is 0 Å². The Balaban J connectivity index is 2.35. The second-order valence-electron chi connectivity index (χ2n) is 5.62. The van der Waals surface area contributed by atoms with Crippen LogP contribution in [-0.2, 0) is 17.1 Å². The van der Waals surface area contributed by atoms with Crippen LogP contribution >= 0.6 is 0 Å². The molecule has 120 valence electrons. The van der Waals surface area contributed by atoms with Gasteiger partial charge >= 0.3 is 0 Å². The highest BCUT2D eigenvalue weighted by molar-refractivity contribution is 7.89. The lowest BCUT2D eigenvalue weighted by atomic mass is 10.0. The summed E-state index contributed by atoms with van der Waals surface area (Å²) in [5, 5.41) is 4.19. The Hall–Kier alpha value is -1.66. The third-order valence-electron chi connectivity index (χ3n) is 3.90. The molecule has 0 saturated heterocycles. The summed E-state index contributed by atoms with van der Waals surface area (Å²) in [5.41, 5.74) is 3.28. The van der Waals surface area contributed by atoms with Crippen LogP contribution in [0.15, 0.2) is 29.2 Å². The number of hydrogen-bond donors (Lipinski definition) is 1. The van der Waals surface area contributed by atoms with E-state index in [2.05, 4.69) is 9.82 Å². The van der Waals surface area contributed by atoms with Crippen molar-refractivity contribution < 1.29 is 8.42 Å². The van der Waals surface area contributed by atoms with Gasteiger partial charge in [0, 0.05) is 13.1 Å². The summed E-state index contributed by atoms with van der Waals surface area (Å²) in [6, 6.07) is 7.67. The quantitative estimate of drug-likeness (QED) is 0.921. The molecular weight excluding hydrogens is 298 g/mol. The highest BCUT2D eigenvalue weighted by Gasteiger charge is 2.26. The SMILES string of the molecule is CCC(NS(=O)(=O)c1c(C)nn(C)c1C)c1ccc(C)cc1. The molecule has 1 N–H and O–H groups in total. The Bertz CT molecular complexity index is 761. The van der Waals surface area contributed by atoms with Gasteiger partial charge in [0.2, 0.25) is 10.0 Å². The van der Waals surface area contributed by atoms with E-state index in [0.29, 0.717) is 17.8 Å². The van der Waals surface area contributed by atoms with Crippen LogP contribution in [-0.4, -0.2) is 18.2 Å². The molecule has 2 rings (SSSR count). The van der Waals surface area contributed by atoms with Crippen molar-refractivity contribution in [2.75, 3.05) is 0 Å². The van der Waals surface area contributed by atoms with Gasteiger partial charge in [-0.2, -0.15) is 5.10 Å². The molecule has 1 heterocycles. The van der Waals surface area contributed by atoms with Crippen LogP contribution in [0.1, 0.15) is 41.9 Å². The van der Waals surface area contributed by atoms with Gasteiger partial charge in [-0.05, 0) is 32.8 Å². The number of hydrogen-bond acceptors (Lipinski definition) is 3. The van der Waals surface area contributed by atoms with Gasteiger partial charge in [0.15, 0.2) is 0 Å². The number of aryl methyl sites for hydroxylation is 3. The third kappa shape index (κ3) is 3.23. The Morgan fingerprint density at radius 1 is 1.18 bits per heavy atom. The summed E-state index contributed by atoms with van der Waals surface area (Å²) in [6.07, 6.45) is 0.681. The van der Waals surface area contributed by atoms with Crippen LogP contribution in [0, 0.1) is 20.8 Å². The molecule has 0 amide bonds. The van der Waals surface area contributed by atoms with Crippen LogP contribution in [0.4, 0.5) is 0 Å². The molecule has 0 spiro atoms. The molecule has 1 unspecified atom stereocenters. The lowest BCUT2D eigenvalue weighted by Crippen LogP contribution is -2.29. The van der Waals surface area contributed by atoms with Gasteiger partial charge in [0.05, 0.1) is 11.4 Å². The molecule has 0 fully saturated rings. The maximum atomic E-state index is 12.7. The lowest BCUT2D eigenvalue weighted by Gasteiger charge is -2.18. The standard InChI is InChI=1S/C16H23N3O2S/c1-6-15(14-9-7-11(2)8-10-14)18-22(20,21)16-12(3)17-19(5)13(16)4/h7-10,15,18H,6H2,1-5H3. The molecule has 22 heavy (non-hydrogen) atoms. The molecule has 5 nitrogen and oxygen atoms in total. The van der Waals surface area contributed by atoms with Gasteiger partial charge in [0.25, 0.3) is 0 Å². The van der Waals surface area contributed by atoms with E-state index in [1.807, 2.05) is 38.1 Å². The molecule has 0 aliphatic rings. The minimum Gasteiger partial charge on any atom is -0.271 e. The monoisotopic (exact) mass is 321 g/mol. The topological polar surface area (TPSA) is 64.0 Å². The van der Waals surface area contributed by atoms with E-state index < -0.39 is 10.0 Å². The Morgan fingerprint density at radius 3 is 2.23 bits per heavy atom. The summed E-state index contributed by atoms with van der Waals surface area (Å²) < 4.78 is 29.9. The van der Waals surface area contributed by atoms with E-state index in [-0.39, 0.29) is 10.9 Å². The zero-order valence-corrected chi connectivity index (χ0v) is 14.5. The molecule has 1 aromatic heterocycles. The first-order chi connectivity index (χ1) is 10.3. The molecule has 0 aliphatic carbocycles. The maximum Gasteiger partial charge on any atom is 0.244 e. The summed E-state index contributed by atoms with van der Waals surface area (Å²) in [4.78, 5) is 0.278. The molecule has 0 bridgehead atoms. The first-order valence-electron chi connectivity index (χ1n) is 7.35. The number of nitrogens with one attached hydrogen (secondary N) is 1. The van der Waals surface area contributed by atoms with Gasteiger partial charge in [-0.1, -0.05) is 36.8 Å². The summed E-state index contributed by atoms with van der Waals surface area (Å²) in [7, 11) is -1.86. The zero-order valence-electron chi connectivity index (χ0n) is 13.7. The average Bonchev–Trinajstić information content (AvgIpc) is 2.71. The number of sulfonamides is 1. The smallest absolute Gasteiger partial charge is 0.244 e. The Morgan fingerprint density at radius 2 is 1.77 bits per heavy atom. The fourth-order valence-electron chi connectivity index (χ4n) is 2.58. The largest absolute Gasteiger partial charge is 0.271 e. The third-order valence-corrected chi connectivity index (χ3v) is 5.62. The van der Waals surface area contributed by atoms with Gasteiger partial charge < -0.3 is 0 Å². The molecule has 1 atom stereocenters. The highest BCUT2D eigenvalue weighted by atomic mass is 32.2. The van der Waals surface area contributed by atoms with Crippen molar-refractivity contribution in [3.05, 3.63) is 46.8 Å². The van der Waals surface area contributed by atoms with Crippen LogP contribution in [0.3, 0.4) is 0 Å². The normalized spacial score (nSPS) is 13.3. The minimum atomic E-state index is -3.60. The number of benzene rings is 1. The van der Waals surface area contributed by atoms with E-state index in [9.17, 15) is 8.42 Å². The fraction of sp³-hybridized carbons (Fsp3) is 0.438. The molecule has 2 aromatic rings. The van der Waals surface area contributed by atoms with Crippen molar-refractivity contribution in [3.63, 3.8) is 0 Å². The highest BCUT2D eigenvalue weighted by Crippen LogP contribution is 2.24. The molecule has 0 aliphatic heterocycles. The van der Waals surface area contributed by atoms with E-state index in [1.165, 1.54) is 0 Å². The number of aromatic nitrogens is 2. The van der Waals surface area contributed by atoms with E-state index in [0.717, 1.165) is 11.1 Å². The van der Waals surface area contributed by atoms with Gasteiger partial charge in [-0.15, -0.1) is 0 Å². The summed E-state index contributed by atoms with van der Waals surface area (Å²) in [6.45, 7) is 7.46. The zero-order chi connectivity index (χ0) is 16.5. The van der Waals surface area contributed by atoms with Crippen molar-refractivity contribution in [3.8, 4) is 0 Å². The van der Waals surface area contributed by atoms with Crippen LogP contribution in [0.5, 0.6) is 0 Å². The average molecular weight is 321 g/mol. The Labute approximate surface area is 132 Å². The second kappa shape index (κ2) is 6.22. The molecular formula is C16H23N3O2S. The van der Waals surface area contributed by atoms with Crippen LogP contribution in [0.25, 0.3) is 0 Å². The van der Waals surface area contributed by atoms with Crippen molar-refractivity contribution in [2.45, 2.75) is 45.1 Å². The van der Waals surface area contributed by atoms with Gasteiger partial charge in [-0.3, -0.25) is 4.68 Å². The van der Waals surface area contributed by atoms with Crippen molar-refractivity contribution >= 4 is 10.0 Å². The second-order valence-corrected chi connectivity index (χ2v) is 7.27. The first-order valence-corrected chi connectivity index (χ1v) is 8.83. The number of rotatable bonds is 5. The van der Waals surface area contributed by atoms with E-state index >= 15 is 0 Å². The first kappa shape index (κ1) is 16.7. The van der Waals surface area contributed by atoms with Gasteiger partial charge in [-0.25, -0.2) is 13.1 Å². The van der Waals surface area contributed by atoms with Crippen molar-refractivity contribution in [1.29, 1.82) is 0 Å². The molecule has 1 aromatic carbocycles. The van der Waals surface area contributed by atoms with Crippen molar-refractivity contribution in [1.82, 2.24) is 14.5 Å². The predicted molar refractivity (Wildman–Crippen MR) is 87.2 cm³/mol. The predicted octanol–water partition coefficient (Wildman–Crippen LogP) is 2.77. The lowest BCUT2D eigenvalue weighted by molar-refractivity contribution is 0.549.